The van der Waals surface area contributed by atoms with Gasteiger partial charge in [0.15, 0.2) is 5.78 Å². The molecule has 0 unspecified atom stereocenters. The van der Waals surface area contributed by atoms with Gasteiger partial charge in [-0.2, -0.15) is 0 Å². The van der Waals surface area contributed by atoms with Crippen LogP contribution in [0.1, 0.15) is 34.6 Å². The Morgan fingerprint density at radius 2 is 2.00 bits per heavy atom. The second kappa shape index (κ2) is 6.49. The third-order valence-corrected chi connectivity index (χ3v) is 5.49. The van der Waals surface area contributed by atoms with Gasteiger partial charge in [0.05, 0.1) is 12.2 Å². The molecule has 3 rings (SSSR count). The van der Waals surface area contributed by atoms with Crippen LogP contribution in [0.3, 0.4) is 0 Å². The average Bonchev–Trinajstić information content (AvgIpc) is 2.77. The summed E-state index contributed by atoms with van der Waals surface area (Å²) in [6, 6.07) is 7.65. The second-order valence-electron chi connectivity index (χ2n) is 5.44. The number of nitrogens with zero attached hydrogens (tertiary/aromatic N) is 1. The molecular weight excluding hydrogens is 318 g/mol. The number of aromatic nitrogens is 1. The number of fused-ring (bicyclic) bond motifs is 1. The highest BCUT2D eigenvalue weighted by Crippen LogP contribution is 2.40. The molecule has 1 aliphatic carbocycles. The summed E-state index contributed by atoms with van der Waals surface area (Å²) in [5, 5.41) is 10.0. The van der Waals surface area contributed by atoms with Crippen molar-refractivity contribution in [2.45, 2.75) is 42.5 Å². The van der Waals surface area contributed by atoms with E-state index in [9.17, 15) is 9.90 Å². The van der Waals surface area contributed by atoms with Crippen LogP contribution in [0.5, 0.6) is 0 Å². The van der Waals surface area contributed by atoms with Gasteiger partial charge in [-0.15, -0.1) is 0 Å². The van der Waals surface area contributed by atoms with Crippen molar-refractivity contribution in [3.8, 4) is 0 Å². The normalized spacial score (nSPS) is 14.2. The van der Waals surface area contributed by atoms with Crippen LogP contribution in [0, 0.1) is 6.92 Å². The van der Waals surface area contributed by atoms with Crippen molar-refractivity contribution < 1.29 is 9.90 Å². The zero-order chi connectivity index (χ0) is 15.7. The van der Waals surface area contributed by atoms with Gasteiger partial charge in [0.2, 0.25) is 0 Å². The number of ketones is 1. The van der Waals surface area contributed by atoms with Gasteiger partial charge in [0.25, 0.3) is 0 Å². The van der Waals surface area contributed by atoms with Gasteiger partial charge >= 0.3 is 0 Å². The van der Waals surface area contributed by atoms with E-state index >= 15 is 0 Å². The molecule has 0 saturated heterocycles. The molecule has 1 aromatic heterocycles. The molecule has 0 atom stereocenters. The van der Waals surface area contributed by atoms with Crippen molar-refractivity contribution in [3.05, 3.63) is 46.2 Å². The number of aliphatic hydroxyl groups excluding tert-OH is 1. The third kappa shape index (κ3) is 2.83. The van der Waals surface area contributed by atoms with Crippen molar-refractivity contribution >= 4 is 29.1 Å². The summed E-state index contributed by atoms with van der Waals surface area (Å²) in [4.78, 5) is 14.5. The van der Waals surface area contributed by atoms with Crippen LogP contribution in [0.2, 0.25) is 5.02 Å². The molecule has 0 saturated carbocycles. The predicted molar refractivity (Wildman–Crippen MR) is 89.1 cm³/mol. The number of halogens is 1. The smallest absolute Gasteiger partial charge is 0.165 e. The fraction of sp³-hybridized carbons (Fsp3) is 0.353. The molecule has 2 aromatic rings. The average molecular weight is 336 g/mol. The van der Waals surface area contributed by atoms with Crippen molar-refractivity contribution in [1.82, 2.24) is 4.57 Å². The van der Waals surface area contributed by atoms with Crippen LogP contribution in [-0.4, -0.2) is 22.1 Å². The monoisotopic (exact) mass is 335 g/mol. The maximum Gasteiger partial charge on any atom is 0.165 e. The number of hydrogen-bond donors (Lipinski definition) is 1. The molecule has 116 valence electrons. The molecule has 0 amide bonds. The number of Topliss-reactive ketones (excluding diaryl/α,β-unsaturated/α-hetero) is 1. The Morgan fingerprint density at radius 1 is 1.27 bits per heavy atom. The summed E-state index contributed by atoms with van der Waals surface area (Å²) in [7, 11) is 0. The maximum absolute atomic E-state index is 12.4. The Morgan fingerprint density at radius 3 is 2.68 bits per heavy atom. The van der Waals surface area contributed by atoms with E-state index in [-0.39, 0.29) is 12.4 Å². The summed E-state index contributed by atoms with van der Waals surface area (Å²) >= 11 is 7.54. The van der Waals surface area contributed by atoms with Gasteiger partial charge < -0.3 is 9.67 Å². The first-order valence-corrected chi connectivity index (χ1v) is 8.60. The summed E-state index contributed by atoms with van der Waals surface area (Å²) in [6.45, 7) is 2.66. The van der Waals surface area contributed by atoms with Gasteiger partial charge in [0.1, 0.15) is 0 Å². The summed E-state index contributed by atoms with van der Waals surface area (Å²) in [5.41, 5.74) is 3.01. The first-order valence-electron chi connectivity index (χ1n) is 7.41. The van der Waals surface area contributed by atoms with Crippen LogP contribution in [0.4, 0.5) is 0 Å². The quantitative estimate of drug-likeness (QED) is 0.914. The molecule has 0 aliphatic heterocycles. The minimum atomic E-state index is 0.0845. The van der Waals surface area contributed by atoms with Crippen molar-refractivity contribution in [1.29, 1.82) is 0 Å². The first kappa shape index (κ1) is 15.7. The predicted octanol–water partition coefficient (Wildman–Crippen LogP) is 4.11. The van der Waals surface area contributed by atoms with Crippen LogP contribution in [-0.2, 0) is 13.0 Å². The minimum Gasteiger partial charge on any atom is -0.395 e. The lowest BCUT2D eigenvalue weighted by atomic mass is 9.96. The second-order valence-corrected chi connectivity index (χ2v) is 6.96. The molecule has 1 aromatic carbocycles. The molecular formula is C17H18ClNO2S. The number of aliphatic hydroxyl groups is 1. The zero-order valence-corrected chi connectivity index (χ0v) is 14.0. The summed E-state index contributed by atoms with van der Waals surface area (Å²) in [6.07, 6.45) is 2.42. The van der Waals surface area contributed by atoms with Gasteiger partial charge in [-0.3, -0.25) is 4.79 Å². The van der Waals surface area contributed by atoms with Gasteiger partial charge in [-0.25, -0.2) is 0 Å². The Kier molecular flexibility index (Phi) is 4.62. The third-order valence-electron chi connectivity index (χ3n) is 4.03. The fourth-order valence-corrected chi connectivity index (χ4v) is 4.23. The van der Waals surface area contributed by atoms with Gasteiger partial charge in [-0.1, -0.05) is 23.4 Å². The Balaban J connectivity index is 2.06. The lowest BCUT2D eigenvalue weighted by molar-refractivity contribution is 0.0968. The highest BCUT2D eigenvalue weighted by Gasteiger charge is 2.28. The topological polar surface area (TPSA) is 42.2 Å². The number of hydrogen-bond acceptors (Lipinski definition) is 3. The highest BCUT2D eigenvalue weighted by molar-refractivity contribution is 7.99. The van der Waals surface area contributed by atoms with Crippen LogP contribution in [0.15, 0.2) is 34.1 Å². The standard InChI is InChI=1S/C17H18ClNO2S/c1-11-17(22-13-7-5-12(18)6-8-13)16-14(19(11)9-10-20)3-2-4-15(16)21/h5-8,20H,2-4,9-10H2,1H3. The van der Waals surface area contributed by atoms with Crippen LogP contribution < -0.4 is 0 Å². The molecule has 0 spiro atoms. The summed E-state index contributed by atoms with van der Waals surface area (Å²) < 4.78 is 2.10. The number of carbonyl (C=O) groups is 1. The van der Waals surface area contributed by atoms with E-state index in [1.165, 1.54) is 0 Å². The Bertz CT molecular complexity index is 706. The Labute approximate surface area is 139 Å². The molecule has 0 bridgehead atoms. The van der Waals surface area contributed by atoms with E-state index in [2.05, 4.69) is 4.57 Å². The number of rotatable bonds is 4. The van der Waals surface area contributed by atoms with E-state index in [0.29, 0.717) is 18.0 Å². The van der Waals surface area contributed by atoms with Gasteiger partial charge in [-0.05, 0) is 44.0 Å². The number of carbonyl (C=O) groups excluding carboxylic acids is 1. The lowest BCUT2D eigenvalue weighted by Gasteiger charge is -2.15. The van der Waals surface area contributed by atoms with Gasteiger partial charge in [0, 0.05) is 39.2 Å². The van der Waals surface area contributed by atoms with E-state index in [1.54, 1.807) is 11.8 Å². The minimum absolute atomic E-state index is 0.0845. The fourth-order valence-electron chi connectivity index (χ4n) is 3.01. The summed E-state index contributed by atoms with van der Waals surface area (Å²) in [5.74, 6) is 0.220. The van der Waals surface area contributed by atoms with Crippen molar-refractivity contribution in [3.63, 3.8) is 0 Å². The molecule has 1 heterocycles. The van der Waals surface area contributed by atoms with Crippen LogP contribution in [0.25, 0.3) is 0 Å². The lowest BCUT2D eigenvalue weighted by Crippen LogP contribution is -2.15. The SMILES string of the molecule is Cc1c(Sc2ccc(Cl)cc2)c2c(n1CCO)CCCC2=O. The molecule has 1 aliphatic rings. The van der Waals surface area contributed by atoms with Crippen LogP contribution >= 0.6 is 23.4 Å². The molecule has 1 N–H and O–H groups in total. The zero-order valence-electron chi connectivity index (χ0n) is 12.4. The van der Waals surface area contributed by atoms with E-state index in [4.69, 9.17) is 11.6 Å². The van der Waals surface area contributed by atoms with Crippen molar-refractivity contribution in [2.24, 2.45) is 0 Å². The first-order chi connectivity index (χ1) is 10.6. The molecule has 0 radical (unpaired) electrons. The van der Waals surface area contributed by atoms with Crippen molar-refractivity contribution in [2.75, 3.05) is 6.61 Å². The molecule has 22 heavy (non-hydrogen) atoms. The number of benzene rings is 1. The molecule has 5 heteroatoms. The van der Waals surface area contributed by atoms with E-state index < -0.39 is 0 Å². The Hall–Kier alpha value is -1.23. The van der Waals surface area contributed by atoms with E-state index in [1.807, 2.05) is 31.2 Å². The largest absolute Gasteiger partial charge is 0.395 e. The van der Waals surface area contributed by atoms with E-state index in [0.717, 1.165) is 39.6 Å². The molecule has 3 nitrogen and oxygen atoms in total. The highest BCUT2D eigenvalue weighted by atomic mass is 35.5. The maximum atomic E-state index is 12.4. The molecule has 0 fully saturated rings.